The molecular weight excluding hydrogens is 214 g/mol. The Balaban J connectivity index is 2.52. The van der Waals surface area contributed by atoms with Crippen molar-refractivity contribution in [2.75, 3.05) is 24.6 Å². The maximum Gasteiger partial charge on any atom is 0.221 e. The molecule has 0 spiro atoms. The molecule has 0 radical (unpaired) electrons. The SMILES string of the molecule is CNC(=O)CCNc1snc(N)c1C#N. The normalized spacial score (nSPS) is 9.33. The van der Waals surface area contributed by atoms with Crippen LogP contribution < -0.4 is 16.4 Å². The van der Waals surface area contributed by atoms with Gasteiger partial charge in [0.25, 0.3) is 0 Å². The third kappa shape index (κ3) is 2.82. The maximum atomic E-state index is 10.9. The van der Waals surface area contributed by atoms with E-state index in [1.807, 2.05) is 6.07 Å². The molecule has 1 amide bonds. The number of carbonyl (C=O) groups is 1. The molecule has 1 heterocycles. The van der Waals surface area contributed by atoms with E-state index in [4.69, 9.17) is 11.0 Å². The van der Waals surface area contributed by atoms with E-state index in [2.05, 4.69) is 15.0 Å². The summed E-state index contributed by atoms with van der Waals surface area (Å²) in [7, 11) is 1.58. The molecule has 1 rings (SSSR count). The molecular formula is C8H11N5OS. The highest BCUT2D eigenvalue weighted by Gasteiger charge is 2.10. The number of nitrogens with two attached hydrogens (primary N) is 1. The van der Waals surface area contributed by atoms with Crippen LogP contribution in [0.1, 0.15) is 12.0 Å². The van der Waals surface area contributed by atoms with E-state index in [-0.39, 0.29) is 11.7 Å². The van der Waals surface area contributed by atoms with Gasteiger partial charge in [0.15, 0.2) is 5.82 Å². The Bertz CT molecular complexity index is 394. The average Bonchev–Trinajstić information content (AvgIpc) is 2.59. The summed E-state index contributed by atoms with van der Waals surface area (Å²) in [5, 5.41) is 14.8. The summed E-state index contributed by atoms with van der Waals surface area (Å²) in [6.45, 7) is 0.454. The van der Waals surface area contributed by atoms with Gasteiger partial charge < -0.3 is 16.4 Å². The quantitative estimate of drug-likeness (QED) is 0.676. The smallest absolute Gasteiger partial charge is 0.221 e. The Morgan fingerprint density at radius 2 is 2.47 bits per heavy atom. The number of aromatic nitrogens is 1. The van der Waals surface area contributed by atoms with E-state index >= 15 is 0 Å². The zero-order valence-electron chi connectivity index (χ0n) is 8.20. The van der Waals surface area contributed by atoms with E-state index < -0.39 is 0 Å². The van der Waals surface area contributed by atoms with Crippen LogP contribution in [0.4, 0.5) is 10.8 Å². The molecule has 0 saturated carbocycles. The monoisotopic (exact) mass is 225 g/mol. The minimum atomic E-state index is -0.0569. The van der Waals surface area contributed by atoms with E-state index in [0.29, 0.717) is 23.5 Å². The molecule has 4 N–H and O–H groups in total. The van der Waals surface area contributed by atoms with Crippen LogP contribution >= 0.6 is 11.5 Å². The second kappa shape index (κ2) is 5.17. The van der Waals surface area contributed by atoms with Crippen LogP contribution in [-0.2, 0) is 4.79 Å². The van der Waals surface area contributed by atoms with Crippen molar-refractivity contribution >= 4 is 28.3 Å². The second-order valence-electron chi connectivity index (χ2n) is 2.73. The number of nitriles is 1. The Hall–Kier alpha value is -1.81. The zero-order valence-corrected chi connectivity index (χ0v) is 9.02. The van der Waals surface area contributed by atoms with Crippen molar-refractivity contribution < 1.29 is 4.79 Å². The second-order valence-corrected chi connectivity index (χ2v) is 3.51. The van der Waals surface area contributed by atoms with Gasteiger partial charge in [-0.05, 0) is 11.5 Å². The summed E-state index contributed by atoms with van der Waals surface area (Å²) < 4.78 is 3.84. The summed E-state index contributed by atoms with van der Waals surface area (Å²) in [5.74, 6) is 0.170. The van der Waals surface area contributed by atoms with Crippen LogP contribution in [-0.4, -0.2) is 23.9 Å². The molecule has 0 saturated heterocycles. The third-order valence-electron chi connectivity index (χ3n) is 1.75. The maximum absolute atomic E-state index is 10.9. The van der Waals surface area contributed by atoms with E-state index in [1.54, 1.807) is 7.05 Å². The molecule has 80 valence electrons. The highest BCUT2D eigenvalue weighted by atomic mass is 32.1. The van der Waals surface area contributed by atoms with Gasteiger partial charge in [0, 0.05) is 20.0 Å². The van der Waals surface area contributed by atoms with Gasteiger partial charge in [-0.2, -0.15) is 9.64 Å². The van der Waals surface area contributed by atoms with Crippen LogP contribution in [0, 0.1) is 11.3 Å². The lowest BCUT2D eigenvalue weighted by Crippen LogP contribution is -2.20. The Kier molecular flexibility index (Phi) is 3.88. The Morgan fingerprint density at radius 1 is 1.73 bits per heavy atom. The van der Waals surface area contributed by atoms with Gasteiger partial charge in [-0.3, -0.25) is 4.79 Å². The van der Waals surface area contributed by atoms with Crippen LogP contribution in [0.2, 0.25) is 0 Å². The Labute approximate surface area is 91.3 Å². The molecule has 0 aliphatic rings. The minimum absolute atomic E-state index is 0.0569. The number of hydrogen-bond donors (Lipinski definition) is 3. The first-order valence-corrected chi connectivity index (χ1v) is 5.06. The molecule has 0 atom stereocenters. The van der Waals surface area contributed by atoms with Gasteiger partial charge in [-0.15, -0.1) is 0 Å². The first-order chi connectivity index (χ1) is 7.19. The summed E-state index contributed by atoms with van der Waals surface area (Å²) in [5.41, 5.74) is 5.81. The molecule has 0 aliphatic carbocycles. The molecule has 7 heteroatoms. The fraction of sp³-hybridized carbons (Fsp3) is 0.375. The molecule has 0 fully saturated rings. The fourth-order valence-corrected chi connectivity index (χ4v) is 1.63. The van der Waals surface area contributed by atoms with Gasteiger partial charge in [0.05, 0.1) is 0 Å². The van der Waals surface area contributed by atoms with Gasteiger partial charge in [-0.1, -0.05) is 0 Å². The first kappa shape index (κ1) is 11.3. The number of hydrogen-bond acceptors (Lipinski definition) is 6. The lowest BCUT2D eigenvalue weighted by atomic mass is 10.3. The number of carbonyl (C=O) groups excluding carboxylic acids is 1. The topological polar surface area (TPSA) is 104 Å². The van der Waals surface area contributed by atoms with Crippen molar-refractivity contribution in [1.29, 1.82) is 5.26 Å². The van der Waals surface area contributed by atoms with E-state index in [1.165, 1.54) is 0 Å². The van der Waals surface area contributed by atoms with Crippen molar-refractivity contribution in [3.8, 4) is 6.07 Å². The van der Waals surface area contributed by atoms with Gasteiger partial charge in [0.2, 0.25) is 5.91 Å². The van der Waals surface area contributed by atoms with Crippen molar-refractivity contribution in [3.63, 3.8) is 0 Å². The molecule has 15 heavy (non-hydrogen) atoms. The van der Waals surface area contributed by atoms with Gasteiger partial charge >= 0.3 is 0 Å². The molecule has 6 nitrogen and oxygen atoms in total. The van der Waals surface area contributed by atoms with Crippen LogP contribution in [0.25, 0.3) is 0 Å². The predicted octanol–water partition coefficient (Wildman–Crippen LogP) is 0.145. The van der Waals surface area contributed by atoms with Gasteiger partial charge in [-0.25, -0.2) is 0 Å². The van der Waals surface area contributed by atoms with Crippen molar-refractivity contribution in [2.24, 2.45) is 0 Å². The van der Waals surface area contributed by atoms with Crippen molar-refractivity contribution in [2.45, 2.75) is 6.42 Å². The molecule has 0 aromatic carbocycles. The van der Waals surface area contributed by atoms with E-state index in [9.17, 15) is 4.79 Å². The van der Waals surface area contributed by atoms with Crippen LogP contribution in [0.15, 0.2) is 0 Å². The lowest BCUT2D eigenvalue weighted by molar-refractivity contribution is -0.120. The largest absolute Gasteiger partial charge is 0.382 e. The summed E-state index contributed by atoms with van der Waals surface area (Å²) >= 11 is 1.12. The van der Waals surface area contributed by atoms with Crippen molar-refractivity contribution in [1.82, 2.24) is 9.69 Å². The number of amides is 1. The number of nitrogens with zero attached hydrogens (tertiary/aromatic N) is 2. The number of rotatable bonds is 4. The fourth-order valence-electron chi connectivity index (χ4n) is 0.946. The number of nitrogens with one attached hydrogen (secondary N) is 2. The highest BCUT2D eigenvalue weighted by Crippen LogP contribution is 2.25. The molecule has 0 unspecified atom stereocenters. The van der Waals surface area contributed by atoms with Crippen molar-refractivity contribution in [3.05, 3.63) is 5.56 Å². The number of anilines is 2. The minimum Gasteiger partial charge on any atom is -0.382 e. The van der Waals surface area contributed by atoms with Crippen LogP contribution in [0.5, 0.6) is 0 Å². The first-order valence-electron chi connectivity index (χ1n) is 4.28. The third-order valence-corrected chi connectivity index (χ3v) is 2.57. The highest BCUT2D eigenvalue weighted by molar-refractivity contribution is 7.10. The Morgan fingerprint density at radius 3 is 3.07 bits per heavy atom. The summed E-state index contributed by atoms with van der Waals surface area (Å²) in [4.78, 5) is 10.9. The molecule has 1 aromatic heterocycles. The lowest BCUT2D eigenvalue weighted by Gasteiger charge is -2.02. The standard InChI is InChI=1S/C8H11N5OS/c1-11-6(14)2-3-12-8-5(4-9)7(10)13-15-8/h12H,2-3H2,1H3,(H2,10,13)(H,11,14). The predicted molar refractivity (Wildman–Crippen MR) is 58.4 cm³/mol. The average molecular weight is 225 g/mol. The molecule has 1 aromatic rings. The molecule has 0 bridgehead atoms. The van der Waals surface area contributed by atoms with Crippen LogP contribution in [0.3, 0.4) is 0 Å². The zero-order chi connectivity index (χ0) is 11.3. The summed E-state index contributed by atoms with van der Waals surface area (Å²) in [6.07, 6.45) is 0.346. The molecule has 0 aliphatic heterocycles. The summed E-state index contributed by atoms with van der Waals surface area (Å²) in [6, 6.07) is 1.96. The van der Waals surface area contributed by atoms with Gasteiger partial charge in [0.1, 0.15) is 16.6 Å². The number of nitrogen functional groups attached to an aromatic ring is 1. The van der Waals surface area contributed by atoms with E-state index in [0.717, 1.165) is 11.5 Å².